The summed E-state index contributed by atoms with van der Waals surface area (Å²) in [4.78, 5) is 23.5. The molecular weight excluding hydrogens is 332 g/mol. The maximum Gasteiger partial charge on any atom is 0.246 e. The number of carbonyl (C=O) groups excluding carboxylic acids is 1. The van der Waals surface area contributed by atoms with E-state index in [9.17, 15) is 4.79 Å². The first kappa shape index (κ1) is 21.6. The van der Waals surface area contributed by atoms with Gasteiger partial charge in [-0.25, -0.2) is 5.06 Å². The third-order valence-corrected chi connectivity index (χ3v) is 5.35. The number of nitrogens with two attached hydrogens (primary N) is 1. The van der Waals surface area contributed by atoms with Crippen LogP contribution in [-0.2, 0) is 14.4 Å². The largest absolute Gasteiger partial charge is 0.379 e. The van der Waals surface area contributed by atoms with E-state index in [0.717, 1.165) is 91.0 Å². The van der Waals surface area contributed by atoms with Crippen LogP contribution in [0, 0.1) is 0 Å². The molecule has 0 aromatic carbocycles. The Morgan fingerprint density at radius 2 is 1.81 bits per heavy atom. The molecule has 2 aliphatic rings. The van der Waals surface area contributed by atoms with Crippen molar-refractivity contribution in [2.75, 3.05) is 66.1 Å². The molecule has 0 aromatic heterocycles. The molecule has 152 valence electrons. The Balaban J connectivity index is 1.77. The van der Waals surface area contributed by atoms with Crippen LogP contribution in [0.25, 0.3) is 0 Å². The lowest BCUT2D eigenvalue weighted by Gasteiger charge is -2.37. The van der Waals surface area contributed by atoms with Gasteiger partial charge < -0.3 is 15.4 Å². The SMILES string of the molecule is CN1CCC(N(OCCN2CCOCC2)C(=O)CCCCCCN)CC1. The molecule has 2 fully saturated rings. The maximum atomic E-state index is 12.8. The standard InChI is InChI=1S/C19H38N4O3/c1-21-10-7-18(8-11-21)23(19(24)6-4-2-3-5-9-20)26-17-14-22-12-15-25-16-13-22/h18H,2-17,20H2,1H3. The monoisotopic (exact) mass is 370 g/mol. The zero-order valence-electron chi connectivity index (χ0n) is 16.5. The third-order valence-electron chi connectivity index (χ3n) is 5.35. The molecule has 0 atom stereocenters. The third kappa shape index (κ3) is 7.88. The quantitative estimate of drug-likeness (QED) is 0.434. The number of hydrogen-bond acceptors (Lipinski definition) is 6. The second-order valence-corrected chi connectivity index (χ2v) is 7.49. The normalized spacial score (nSPS) is 20.4. The van der Waals surface area contributed by atoms with E-state index in [1.54, 1.807) is 5.06 Å². The Labute approximate surface area is 158 Å². The van der Waals surface area contributed by atoms with Crippen molar-refractivity contribution < 1.29 is 14.4 Å². The van der Waals surface area contributed by atoms with Gasteiger partial charge in [-0.3, -0.25) is 14.5 Å². The van der Waals surface area contributed by atoms with Gasteiger partial charge >= 0.3 is 0 Å². The number of piperidine rings is 1. The van der Waals surface area contributed by atoms with E-state index in [4.69, 9.17) is 15.3 Å². The molecular formula is C19H38N4O3. The van der Waals surface area contributed by atoms with Crippen molar-refractivity contribution in [3.63, 3.8) is 0 Å². The van der Waals surface area contributed by atoms with E-state index in [1.807, 2.05) is 0 Å². The number of likely N-dealkylation sites (tertiary alicyclic amines) is 1. The van der Waals surface area contributed by atoms with Gasteiger partial charge in [-0.2, -0.15) is 0 Å². The van der Waals surface area contributed by atoms with E-state index in [-0.39, 0.29) is 11.9 Å². The molecule has 1 amide bonds. The molecule has 2 heterocycles. The summed E-state index contributed by atoms with van der Waals surface area (Å²) >= 11 is 0. The van der Waals surface area contributed by atoms with Gasteiger partial charge in [-0.05, 0) is 52.4 Å². The Kier molecular flexibility index (Phi) is 10.5. The predicted octanol–water partition coefficient (Wildman–Crippen LogP) is 1.08. The van der Waals surface area contributed by atoms with Crippen molar-refractivity contribution in [1.29, 1.82) is 0 Å². The lowest BCUT2D eigenvalue weighted by molar-refractivity contribution is -0.206. The van der Waals surface area contributed by atoms with Crippen LogP contribution < -0.4 is 5.73 Å². The van der Waals surface area contributed by atoms with E-state index < -0.39 is 0 Å². The van der Waals surface area contributed by atoms with Crippen molar-refractivity contribution >= 4 is 5.91 Å². The maximum absolute atomic E-state index is 12.8. The minimum Gasteiger partial charge on any atom is -0.379 e. The number of hydroxylamine groups is 2. The highest BCUT2D eigenvalue weighted by Crippen LogP contribution is 2.18. The van der Waals surface area contributed by atoms with E-state index in [1.165, 1.54) is 0 Å². The van der Waals surface area contributed by atoms with E-state index in [2.05, 4.69) is 16.8 Å². The highest BCUT2D eigenvalue weighted by atomic mass is 16.7. The lowest BCUT2D eigenvalue weighted by Crippen LogP contribution is -2.47. The summed E-state index contributed by atoms with van der Waals surface area (Å²) in [6, 6.07) is 0.215. The second kappa shape index (κ2) is 12.6. The van der Waals surface area contributed by atoms with Crippen LogP contribution in [0.1, 0.15) is 44.9 Å². The molecule has 2 N–H and O–H groups in total. The number of amides is 1. The molecule has 2 saturated heterocycles. The zero-order valence-corrected chi connectivity index (χ0v) is 16.5. The highest BCUT2D eigenvalue weighted by molar-refractivity contribution is 5.75. The average molecular weight is 371 g/mol. The van der Waals surface area contributed by atoms with E-state index in [0.29, 0.717) is 13.0 Å². The second-order valence-electron chi connectivity index (χ2n) is 7.49. The van der Waals surface area contributed by atoms with Crippen molar-refractivity contribution in [2.24, 2.45) is 5.73 Å². The fourth-order valence-electron chi connectivity index (χ4n) is 3.59. The molecule has 0 aromatic rings. The topological polar surface area (TPSA) is 71.3 Å². The summed E-state index contributed by atoms with van der Waals surface area (Å²) in [5.74, 6) is 0.147. The van der Waals surface area contributed by atoms with Gasteiger partial charge in [0.2, 0.25) is 5.91 Å². The first-order valence-corrected chi connectivity index (χ1v) is 10.3. The van der Waals surface area contributed by atoms with Crippen LogP contribution in [-0.4, -0.2) is 92.9 Å². The number of carbonyl (C=O) groups is 1. The number of ether oxygens (including phenoxy) is 1. The van der Waals surface area contributed by atoms with Gasteiger partial charge in [-0.1, -0.05) is 12.8 Å². The number of rotatable bonds is 11. The smallest absolute Gasteiger partial charge is 0.246 e. The van der Waals surface area contributed by atoms with Crippen LogP contribution >= 0.6 is 0 Å². The van der Waals surface area contributed by atoms with Crippen molar-refractivity contribution in [2.45, 2.75) is 51.0 Å². The fraction of sp³-hybridized carbons (Fsp3) is 0.947. The molecule has 0 radical (unpaired) electrons. The summed E-state index contributed by atoms with van der Waals surface area (Å²) in [5, 5.41) is 1.72. The first-order chi connectivity index (χ1) is 12.7. The van der Waals surface area contributed by atoms with Crippen molar-refractivity contribution in [3.05, 3.63) is 0 Å². The summed E-state index contributed by atoms with van der Waals surface area (Å²) in [7, 11) is 2.14. The zero-order chi connectivity index (χ0) is 18.6. The summed E-state index contributed by atoms with van der Waals surface area (Å²) in [6.45, 7) is 7.71. The molecule has 7 nitrogen and oxygen atoms in total. The minimum absolute atomic E-state index is 0.147. The molecule has 2 aliphatic heterocycles. The minimum atomic E-state index is 0.147. The molecule has 26 heavy (non-hydrogen) atoms. The van der Waals surface area contributed by atoms with Gasteiger partial charge in [0, 0.05) is 26.1 Å². The Bertz CT molecular complexity index is 383. The Morgan fingerprint density at radius 1 is 1.12 bits per heavy atom. The van der Waals surface area contributed by atoms with Crippen molar-refractivity contribution in [1.82, 2.24) is 14.9 Å². The van der Waals surface area contributed by atoms with Gasteiger partial charge in [0.25, 0.3) is 0 Å². The number of morpholine rings is 1. The van der Waals surface area contributed by atoms with Crippen LogP contribution in [0.15, 0.2) is 0 Å². The van der Waals surface area contributed by atoms with Gasteiger partial charge in [0.15, 0.2) is 0 Å². The van der Waals surface area contributed by atoms with Crippen LogP contribution in [0.3, 0.4) is 0 Å². The van der Waals surface area contributed by atoms with Crippen molar-refractivity contribution in [3.8, 4) is 0 Å². The molecule has 7 heteroatoms. The van der Waals surface area contributed by atoms with Gasteiger partial charge in [0.1, 0.15) is 0 Å². The highest BCUT2D eigenvalue weighted by Gasteiger charge is 2.28. The summed E-state index contributed by atoms with van der Waals surface area (Å²) in [6.07, 6.45) is 6.71. The molecule has 0 aliphatic carbocycles. The Morgan fingerprint density at radius 3 is 2.50 bits per heavy atom. The molecule has 0 saturated carbocycles. The average Bonchev–Trinajstić information content (AvgIpc) is 2.67. The first-order valence-electron chi connectivity index (χ1n) is 10.3. The fourth-order valence-corrected chi connectivity index (χ4v) is 3.59. The molecule has 0 bridgehead atoms. The predicted molar refractivity (Wildman–Crippen MR) is 103 cm³/mol. The van der Waals surface area contributed by atoms with Gasteiger partial charge in [0.05, 0.1) is 25.9 Å². The molecule has 0 unspecified atom stereocenters. The van der Waals surface area contributed by atoms with E-state index >= 15 is 0 Å². The summed E-state index contributed by atoms with van der Waals surface area (Å²) in [5.41, 5.74) is 5.53. The number of unbranched alkanes of at least 4 members (excludes halogenated alkanes) is 3. The van der Waals surface area contributed by atoms with Gasteiger partial charge in [-0.15, -0.1) is 0 Å². The molecule has 0 spiro atoms. The lowest BCUT2D eigenvalue weighted by atomic mass is 10.0. The van der Waals surface area contributed by atoms with Crippen LogP contribution in [0.2, 0.25) is 0 Å². The Hall–Kier alpha value is -0.730. The molecule has 2 rings (SSSR count). The summed E-state index contributed by atoms with van der Waals surface area (Å²) < 4.78 is 5.38. The number of nitrogens with zero attached hydrogens (tertiary/aromatic N) is 3. The van der Waals surface area contributed by atoms with Crippen LogP contribution in [0.5, 0.6) is 0 Å². The number of hydrogen-bond donors (Lipinski definition) is 1. The van der Waals surface area contributed by atoms with Crippen LogP contribution in [0.4, 0.5) is 0 Å².